The van der Waals surface area contributed by atoms with Crippen LogP contribution in [0.5, 0.6) is 0 Å². The van der Waals surface area contributed by atoms with Gasteiger partial charge in [0.2, 0.25) is 0 Å². The third kappa shape index (κ3) is 11.4. The summed E-state index contributed by atoms with van der Waals surface area (Å²) in [7, 11) is 1.56. The number of aliphatic hydroxyl groups is 3. The molecule has 0 aliphatic carbocycles. The summed E-state index contributed by atoms with van der Waals surface area (Å²) in [6.07, 6.45) is 7.00. The molecular formula is C36H60N2O9. The molecule has 268 valence electrons. The van der Waals surface area contributed by atoms with Crippen molar-refractivity contribution in [1.82, 2.24) is 9.80 Å². The molecule has 3 N–H and O–H groups in total. The SMILES string of the molecule is CCC(O)C(C)C1OC1CC(C)(O)/C=C/C=C(\C)C1OC(=O)CC(O)CCC(C)(OC)C(OC(=O)N2CCN(CC)CC2)/C=C/C1C. The van der Waals surface area contributed by atoms with Crippen molar-refractivity contribution in [3.8, 4) is 0 Å². The molecule has 0 aromatic rings. The van der Waals surface area contributed by atoms with Gasteiger partial charge in [0.15, 0.2) is 6.10 Å². The molecule has 0 aromatic heterocycles. The number of cyclic esters (lactones) is 1. The molecule has 0 radical (unpaired) electrons. The van der Waals surface area contributed by atoms with E-state index in [4.69, 9.17) is 18.9 Å². The lowest BCUT2D eigenvalue weighted by Gasteiger charge is -2.38. The van der Waals surface area contributed by atoms with Gasteiger partial charge >= 0.3 is 12.1 Å². The Morgan fingerprint density at radius 2 is 1.91 bits per heavy atom. The smallest absolute Gasteiger partial charge is 0.410 e. The zero-order valence-electron chi connectivity index (χ0n) is 29.8. The van der Waals surface area contributed by atoms with Crippen molar-refractivity contribution in [3.63, 3.8) is 0 Å². The number of esters is 1. The Bertz CT molecular complexity index is 1120. The fraction of sp³-hybridized carbons (Fsp3) is 0.778. The van der Waals surface area contributed by atoms with Gasteiger partial charge in [-0.15, -0.1) is 0 Å². The number of carbonyl (C=O) groups is 2. The van der Waals surface area contributed by atoms with Crippen LogP contribution >= 0.6 is 0 Å². The van der Waals surface area contributed by atoms with Crippen LogP contribution in [0.3, 0.4) is 0 Å². The Labute approximate surface area is 281 Å². The topological polar surface area (TPSA) is 142 Å². The molecule has 3 heterocycles. The molecule has 2 fully saturated rings. The molecule has 3 aliphatic rings. The molecule has 0 bridgehead atoms. The van der Waals surface area contributed by atoms with Crippen molar-refractivity contribution in [1.29, 1.82) is 0 Å². The van der Waals surface area contributed by atoms with E-state index in [1.165, 1.54) is 0 Å². The van der Waals surface area contributed by atoms with Gasteiger partial charge in [0.05, 0.1) is 36.4 Å². The molecule has 10 unspecified atom stereocenters. The van der Waals surface area contributed by atoms with E-state index >= 15 is 0 Å². The standard InChI is InChI=1S/C36H60N2O9/c1-9-28(40)26(5)33-29(45-33)23-35(6,43)16-11-12-24(3)32-25(4)13-14-30(46-34(42)38-20-18-37(10-2)19-21-38)36(7,44-8)17-15-27(39)22-31(41)47-32/h11-14,16,25-30,32-33,39-40,43H,9-10,15,17-23H2,1-8H3/b14-13+,16-11+,24-12+. The lowest BCUT2D eigenvalue weighted by Crippen LogP contribution is -2.51. The number of allylic oxidation sites excluding steroid dienone is 2. The molecule has 3 rings (SSSR count). The maximum absolute atomic E-state index is 13.3. The summed E-state index contributed by atoms with van der Waals surface area (Å²) in [6.45, 7) is 17.0. The first-order valence-electron chi connectivity index (χ1n) is 17.3. The van der Waals surface area contributed by atoms with Gasteiger partial charge in [0.25, 0.3) is 0 Å². The number of methoxy groups -OCH3 is 1. The van der Waals surface area contributed by atoms with Gasteiger partial charge in [-0.3, -0.25) is 4.79 Å². The van der Waals surface area contributed by atoms with Gasteiger partial charge in [-0.1, -0.05) is 52.0 Å². The number of amides is 1. The molecule has 3 aliphatic heterocycles. The molecule has 0 aromatic carbocycles. The van der Waals surface area contributed by atoms with Crippen molar-refractivity contribution in [2.24, 2.45) is 11.8 Å². The predicted molar refractivity (Wildman–Crippen MR) is 180 cm³/mol. The number of carbonyl (C=O) groups excluding carboxylic acids is 2. The van der Waals surface area contributed by atoms with Crippen molar-refractivity contribution in [2.45, 2.75) is 128 Å². The van der Waals surface area contributed by atoms with Crippen molar-refractivity contribution < 1.29 is 43.9 Å². The minimum Gasteiger partial charge on any atom is -0.457 e. The summed E-state index contributed by atoms with van der Waals surface area (Å²) >= 11 is 0. The second kappa shape index (κ2) is 17.4. The second-order valence-corrected chi connectivity index (χ2v) is 14.1. The van der Waals surface area contributed by atoms with E-state index in [1.54, 1.807) is 43.2 Å². The lowest BCUT2D eigenvalue weighted by molar-refractivity contribution is -0.151. The third-order valence-corrected chi connectivity index (χ3v) is 10.1. The van der Waals surface area contributed by atoms with Crippen LogP contribution in [0, 0.1) is 11.8 Å². The van der Waals surface area contributed by atoms with Gasteiger partial charge in [-0.25, -0.2) is 4.79 Å². The molecule has 1 amide bonds. The summed E-state index contributed by atoms with van der Waals surface area (Å²) in [5.74, 6) is -0.832. The number of epoxide rings is 1. The van der Waals surface area contributed by atoms with Crippen LogP contribution in [-0.2, 0) is 23.7 Å². The van der Waals surface area contributed by atoms with E-state index in [0.29, 0.717) is 32.4 Å². The molecule has 0 spiro atoms. The summed E-state index contributed by atoms with van der Waals surface area (Å²) in [6, 6.07) is 0. The number of nitrogens with zero attached hydrogens (tertiary/aromatic N) is 2. The Kier molecular flexibility index (Phi) is 14.5. The second-order valence-electron chi connectivity index (χ2n) is 14.1. The summed E-state index contributed by atoms with van der Waals surface area (Å²) in [4.78, 5) is 30.2. The van der Waals surface area contributed by atoms with Gasteiger partial charge in [-0.05, 0) is 58.2 Å². The van der Waals surface area contributed by atoms with Crippen LogP contribution in [0.25, 0.3) is 0 Å². The summed E-state index contributed by atoms with van der Waals surface area (Å²) < 4.78 is 23.6. The first kappa shape index (κ1) is 39.2. The molecule has 10 atom stereocenters. The number of likely N-dealkylation sites (N-methyl/N-ethyl adjacent to an activating group) is 1. The van der Waals surface area contributed by atoms with E-state index in [2.05, 4.69) is 11.8 Å². The molecule has 11 nitrogen and oxygen atoms in total. The molecular weight excluding hydrogens is 604 g/mol. The molecule has 0 saturated carbocycles. The monoisotopic (exact) mass is 664 g/mol. The van der Waals surface area contributed by atoms with E-state index in [9.17, 15) is 24.9 Å². The van der Waals surface area contributed by atoms with Gasteiger partial charge < -0.3 is 44.1 Å². The van der Waals surface area contributed by atoms with Crippen LogP contribution in [0.1, 0.15) is 80.6 Å². The minimum atomic E-state index is -1.14. The van der Waals surface area contributed by atoms with Crippen LogP contribution in [0.15, 0.2) is 36.0 Å². The van der Waals surface area contributed by atoms with Gasteiger partial charge in [0.1, 0.15) is 11.7 Å². The zero-order valence-corrected chi connectivity index (χ0v) is 29.8. The van der Waals surface area contributed by atoms with E-state index in [1.807, 2.05) is 40.7 Å². The lowest BCUT2D eigenvalue weighted by atomic mass is 9.88. The number of rotatable bonds is 11. The Hall–Kier alpha value is -2.28. The zero-order chi connectivity index (χ0) is 34.9. The maximum Gasteiger partial charge on any atom is 0.410 e. The fourth-order valence-electron chi connectivity index (χ4n) is 6.44. The summed E-state index contributed by atoms with van der Waals surface area (Å²) in [5, 5.41) is 31.9. The van der Waals surface area contributed by atoms with Crippen LogP contribution < -0.4 is 0 Å². The molecule has 47 heavy (non-hydrogen) atoms. The van der Waals surface area contributed by atoms with Gasteiger partial charge in [-0.2, -0.15) is 0 Å². The van der Waals surface area contributed by atoms with Crippen LogP contribution in [-0.4, -0.2) is 125 Å². The maximum atomic E-state index is 13.3. The average Bonchev–Trinajstić information content (AvgIpc) is 3.80. The highest BCUT2D eigenvalue weighted by Gasteiger charge is 2.47. The minimum absolute atomic E-state index is 0.00263. The van der Waals surface area contributed by atoms with Crippen LogP contribution in [0.2, 0.25) is 0 Å². The predicted octanol–water partition coefficient (Wildman–Crippen LogP) is 4.00. The first-order chi connectivity index (χ1) is 22.1. The fourth-order valence-corrected chi connectivity index (χ4v) is 6.44. The number of hydrogen-bond acceptors (Lipinski definition) is 10. The van der Waals surface area contributed by atoms with Crippen molar-refractivity contribution in [3.05, 3.63) is 36.0 Å². The normalized spacial score (nSPS) is 34.8. The van der Waals surface area contributed by atoms with E-state index in [-0.39, 0.29) is 36.9 Å². The Morgan fingerprint density at radius 3 is 2.53 bits per heavy atom. The van der Waals surface area contributed by atoms with Crippen molar-refractivity contribution in [2.75, 3.05) is 39.8 Å². The first-order valence-corrected chi connectivity index (χ1v) is 17.3. The average molecular weight is 665 g/mol. The number of hydrogen-bond donors (Lipinski definition) is 3. The van der Waals surface area contributed by atoms with Gasteiger partial charge in [0, 0.05) is 51.5 Å². The van der Waals surface area contributed by atoms with Crippen molar-refractivity contribution >= 4 is 12.1 Å². The largest absolute Gasteiger partial charge is 0.457 e. The highest BCUT2D eigenvalue weighted by molar-refractivity contribution is 5.70. The Balaban J connectivity index is 1.77. The highest BCUT2D eigenvalue weighted by atomic mass is 16.6. The quantitative estimate of drug-likeness (QED) is 0.128. The van der Waals surface area contributed by atoms with E-state index < -0.39 is 47.7 Å². The third-order valence-electron chi connectivity index (χ3n) is 10.1. The molecule has 11 heteroatoms. The molecule has 2 saturated heterocycles. The number of ether oxygens (including phenoxy) is 4. The number of piperazine rings is 1. The summed E-state index contributed by atoms with van der Waals surface area (Å²) in [5.41, 5.74) is -1.34. The Morgan fingerprint density at radius 1 is 1.23 bits per heavy atom. The van der Waals surface area contributed by atoms with E-state index in [0.717, 1.165) is 25.2 Å². The number of aliphatic hydroxyl groups excluding tert-OH is 2. The van der Waals surface area contributed by atoms with Crippen LogP contribution in [0.4, 0.5) is 4.79 Å². The highest BCUT2D eigenvalue weighted by Crippen LogP contribution is 2.37.